The highest BCUT2D eigenvalue weighted by atomic mass is 32.2. The fourth-order valence-corrected chi connectivity index (χ4v) is 3.03. The van der Waals surface area contributed by atoms with Gasteiger partial charge in [-0.15, -0.1) is 10.2 Å². The van der Waals surface area contributed by atoms with E-state index >= 15 is 0 Å². The molecule has 0 bridgehead atoms. The van der Waals surface area contributed by atoms with Crippen molar-refractivity contribution in [2.75, 3.05) is 17.7 Å². The van der Waals surface area contributed by atoms with E-state index in [0.29, 0.717) is 11.6 Å². The number of hydrogen-bond donors (Lipinski definition) is 1. The average molecular weight is 379 g/mol. The first-order valence-corrected chi connectivity index (χ1v) is 9.69. The van der Waals surface area contributed by atoms with Gasteiger partial charge >= 0.3 is 0 Å². The first-order valence-electron chi connectivity index (χ1n) is 8.70. The molecule has 3 rings (SSSR count). The number of benzene rings is 2. The van der Waals surface area contributed by atoms with Crippen LogP contribution >= 0.6 is 11.8 Å². The minimum Gasteiger partial charge on any atom is -0.494 e. The van der Waals surface area contributed by atoms with Crippen LogP contribution in [0.2, 0.25) is 0 Å². The number of amides is 1. The molecule has 0 fully saturated rings. The summed E-state index contributed by atoms with van der Waals surface area (Å²) in [5.74, 6) is 1.05. The van der Waals surface area contributed by atoms with Crippen molar-refractivity contribution in [3.8, 4) is 17.0 Å². The van der Waals surface area contributed by atoms with Crippen molar-refractivity contribution in [2.45, 2.75) is 18.9 Å². The number of nitrogens with one attached hydrogen (secondary N) is 1. The van der Waals surface area contributed by atoms with Crippen molar-refractivity contribution >= 4 is 23.4 Å². The highest BCUT2D eigenvalue weighted by Crippen LogP contribution is 2.22. The van der Waals surface area contributed by atoms with Crippen molar-refractivity contribution in [3.05, 3.63) is 66.2 Å². The van der Waals surface area contributed by atoms with Gasteiger partial charge in [-0.1, -0.05) is 29.5 Å². The Morgan fingerprint density at radius 1 is 1.00 bits per heavy atom. The van der Waals surface area contributed by atoms with Crippen molar-refractivity contribution in [1.29, 1.82) is 0 Å². The Morgan fingerprint density at radius 3 is 2.37 bits per heavy atom. The third-order valence-electron chi connectivity index (χ3n) is 3.79. The molecule has 0 spiro atoms. The lowest BCUT2D eigenvalue weighted by atomic mass is 10.1. The molecule has 0 radical (unpaired) electrons. The molecular weight excluding hydrogens is 358 g/mol. The lowest BCUT2D eigenvalue weighted by Gasteiger charge is -2.06. The molecular formula is C21H21N3O2S. The van der Waals surface area contributed by atoms with Crippen LogP contribution in [0.15, 0.2) is 65.7 Å². The van der Waals surface area contributed by atoms with Gasteiger partial charge in [0.1, 0.15) is 10.8 Å². The molecule has 0 saturated heterocycles. The molecule has 2 aromatic carbocycles. The number of rotatable bonds is 7. The maximum atomic E-state index is 12.1. The van der Waals surface area contributed by atoms with Gasteiger partial charge in [0.15, 0.2) is 0 Å². The smallest absolute Gasteiger partial charge is 0.234 e. The fourth-order valence-electron chi connectivity index (χ4n) is 2.41. The SMILES string of the molecule is CCOc1ccc(-c2ccc(SCC(=O)Nc3ccc(C)cc3)nn2)cc1. The van der Waals surface area contributed by atoms with Gasteiger partial charge in [0, 0.05) is 11.3 Å². The summed E-state index contributed by atoms with van der Waals surface area (Å²) in [4.78, 5) is 12.1. The van der Waals surface area contributed by atoms with E-state index in [4.69, 9.17) is 4.74 Å². The van der Waals surface area contributed by atoms with Crippen molar-refractivity contribution in [2.24, 2.45) is 0 Å². The molecule has 6 heteroatoms. The number of hydrogen-bond acceptors (Lipinski definition) is 5. The van der Waals surface area contributed by atoms with Crippen LogP contribution in [0.5, 0.6) is 5.75 Å². The summed E-state index contributed by atoms with van der Waals surface area (Å²) in [7, 11) is 0. The minimum absolute atomic E-state index is 0.0683. The van der Waals surface area contributed by atoms with E-state index in [1.54, 1.807) is 0 Å². The summed E-state index contributed by atoms with van der Waals surface area (Å²) in [6.45, 7) is 4.61. The molecule has 1 aromatic heterocycles. The molecule has 1 heterocycles. The Morgan fingerprint density at radius 2 is 1.74 bits per heavy atom. The second-order valence-corrected chi connectivity index (χ2v) is 6.91. The molecule has 5 nitrogen and oxygen atoms in total. The van der Waals surface area contributed by atoms with Crippen LogP contribution in [0.25, 0.3) is 11.3 Å². The molecule has 27 heavy (non-hydrogen) atoms. The topological polar surface area (TPSA) is 64.1 Å². The molecule has 0 aliphatic heterocycles. The zero-order valence-corrected chi connectivity index (χ0v) is 16.1. The Bertz CT molecular complexity index is 879. The van der Waals surface area contributed by atoms with Gasteiger partial charge in [0.2, 0.25) is 5.91 Å². The van der Waals surface area contributed by atoms with E-state index in [1.807, 2.05) is 74.5 Å². The van der Waals surface area contributed by atoms with Gasteiger partial charge in [0.05, 0.1) is 18.1 Å². The molecule has 1 N–H and O–H groups in total. The third-order valence-corrected chi connectivity index (χ3v) is 4.71. The van der Waals surface area contributed by atoms with E-state index < -0.39 is 0 Å². The van der Waals surface area contributed by atoms with Crippen molar-refractivity contribution < 1.29 is 9.53 Å². The Hall–Kier alpha value is -2.86. The van der Waals surface area contributed by atoms with E-state index in [9.17, 15) is 4.79 Å². The maximum Gasteiger partial charge on any atom is 0.234 e. The molecule has 0 aliphatic rings. The lowest BCUT2D eigenvalue weighted by Crippen LogP contribution is -2.14. The maximum absolute atomic E-state index is 12.1. The van der Waals surface area contributed by atoms with Crippen LogP contribution in [-0.4, -0.2) is 28.5 Å². The van der Waals surface area contributed by atoms with Gasteiger partial charge in [-0.2, -0.15) is 0 Å². The molecule has 0 atom stereocenters. The highest BCUT2D eigenvalue weighted by Gasteiger charge is 2.06. The highest BCUT2D eigenvalue weighted by molar-refractivity contribution is 7.99. The number of carbonyl (C=O) groups excluding carboxylic acids is 1. The summed E-state index contributed by atoms with van der Waals surface area (Å²) in [5.41, 5.74) is 3.71. The van der Waals surface area contributed by atoms with Crippen LogP contribution < -0.4 is 10.1 Å². The van der Waals surface area contributed by atoms with Crippen LogP contribution in [0.3, 0.4) is 0 Å². The quantitative estimate of drug-likeness (QED) is 0.609. The number of ether oxygens (including phenoxy) is 1. The molecule has 138 valence electrons. The molecule has 0 saturated carbocycles. The Kier molecular flexibility index (Phi) is 6.44. The zero-order chi connectivity index (χ0) is 19.1. The summed E-state index contributed by atoms with van der Waals surface area (Å²) in [6, 6.07) is 19.2. The van der Waals surface area contributed by atoms with Gasteiger partial charge in [-0.05, 0) is 62.4 Å². The zero-order valence-electron chi connectivity index (χ0n) is 15.3. The predicted molar refractivity (Wildman–Crippen MR) is 109 cm³/mol. The van der Waals surface area contributed by atoms with E-state index in [-0.39, 0.29) is 11.7 Å². The van der Waals surface area contributed by atoms with E-state index in [0.717, 1.165) is 28.3 Å². The monoisotopic (exact) mass is 379 g/mol. The number of aryl methyl sites for hydroxylation is 1. The van der Waals surface area contributed by atoms with Crippen molar-refractivity contribution in [1.82, 2.24) is 10.2 Å². The second-order valence-electron chi connectivity index (χ2n) is 5.92. The largest absolute Gasteiger partial charge is 0.494 e. The summed E-state index contributed by atoms with van der Waals surface area (Å²) in [5, 5.41) is 12.0. The second kappa shape index (κ2) is 9.19. The summed E-state index contributed by atoms with van der Waals surface area (Å²) >= 11 is 1.36. The third kappa shape index (κ3) is 5.56. The molecule has 0 aliphatic carbocycles. The van der Waals surface area contributed by atoms with Gasteiger partial charge < -0.3 is 10.1 Å². The Balaban J connectivity index is 1.54. The molecule has 0 unspecified atom stereocenters. The predicted octanol–water partition coefficient (Wildman–Crippen LogP) is 4.58. The van der Waals surface area contributed by atoms with Crippen LogP contribution in [0.4, 0.5) is 5.69 Å². The normalized spacial score (nSPS) is 10.4. The molecule has 3 aromatic rings. The number of anilines is 1. The van der Waals surface area contributed by atoms with E-state index in [1.165, 1.54) is 11.8 Å². The van der Waals surface area contributed by atoms with Crippen LogP contribution in [0.1, 0.15) is 12.5 Å². The van der Waals surface area contributed by atoms with Gasteiger partial charge in [-0.3, -0.25) is 4.79 Å². The van der Waals surface area contributed by atoms with Crippen LogP contribution in [0, 0.1) is 6.92 Å². The standard InChI is InChI=1S/C21H21N3O2S/c1-3-26-18-10-6-16(7-11-18)19-12-13-21(24-23-19)27-14-20(25)22-17-8-4-15(2)5-9-17/h4-13H,3,14H2,1-2H3,(H,22,25). The number of aromatic nitrogens is 2. The summed E-state index contributed by atoms with van der Waals surface area (Å²) < 4.78 is 5.44. The number of thioether (sulfide) groups is 1. The fraction of sp³-hybridized carbons (Fsp3) is 0.190. The average Bonchev–Trinajstić information content (AvgIpc) is 2.69. The first-order chi connectivity index (χ1) is 13.1. The van der Waals surface area contributed by atoms with Crippen LogP contribution in [-0.2, 0) is 4.79 Å². The lowest BCUT2D eigenvalue weighted by molar-refractivity contribution is -0.113. The van der Waals surface area contributed by atoms with Gasteiger partial charge in [0.25, 0.3) is 0 Å². The number of nitrogens with zero attached hydrogens (tertiary/aromatic N) is 2. The molecule has 1 amide bonds. The van der Waals surface area contributed by atoms with Crippen molar-refractivity contribution in [3.63, 3.8) is 0 Å². The van der Waals surface area contributed by atoms with Gasteiger partial charge in [-0.25, -0.2) is 0 Å². The summed E-state index contributed by atoms with van der Waals surface area (Å²) in [6.07, 6.45) is 0. The first kappa shape index (κ1) is 18.9. The van der Waals surface area contributed by atoms with E-state index in [2.05, 4.69) is 15.5 Å². The Labute approximate surface area is 163 Å². The number of carbonyl (C=O) groups is 1. The minimum atomic E-state index is -0.0683.